The zero-order valence-electron chi connectivity index (χ0n) is 12.9. The number of nitrogens with one attached hydrogen (secondary N) is 1. The van der Waals surface area contributed by atoms with E-state index >= 15 is 0 Å². The van der Waals surface area contributed by atoms with Gasteiger partial charge in [-0.2, -0.15) is 17.4 Å². The molecule has 1 saturated heterocycles. The third kappa shape index (κ3) is 5.90. The highest BCUT2D eigenvalue weighted by Gasteiger charge is 2.33. The summed E-state index contributed by atoms with van der Waals surface area (Å²) in [6.45, 7) is 5.70. The highest BCUT2D eigenvalue weighted by atomic mass is 32.2. The average Bonchev–Trinajstić information content (AvgIpc) is 2.35. The maximum atomic E-state index is 12.2. The van der Waals surface area contributed by atoms with Gasteiger partial charge in [-0.1, -0.05) is 13.8 Å². The summed E-state index contributed by atoms with van der Waals surface area (Å²) in [7, 11) is -3.76. The van der Waals surface area contributed by atoms with Crippen molar-refractivity contribution in [2.45, 2.75) is 45.6 Å². The Morgan fingerprint density at radius 1 is 1.48 bits per heavy atom. The first-order chi connectivity index (χ1) is 9.53. The predicted molar refractivity (Wildman–Crippen MR) is 78.9 cm³/mol. The van der Waals surface area contributed by atoms with Gasteiger partial charge in [0.1, 0.15) is 0 Å². The second-order valence-corrected chi connectivity index (χ2v) is 8.21. The number of carboxylic acids is 1. The first-order valence-electron chi connectivity index (χ1n) is 7.23. The van der Waals surface area contributed by atoms with Crippen molar-refractivity contribution in [3.05, 3.63) is 0 Å². The van der Waals surface area contributed by atoms with Gasteiger partial charge in [0.25, 0.3) is 10.2 Å². The van der Waals surface area contributed by atoms with Crippen LogP contribution in [0.3, 0.4) is 0 Å². The topological polar surface area (TPSA) is 107 Å². The van der Waals surface area contributed by atoms with Gasteiger partial charge in [-0.3, -0.25) is 4.79 Å². The van der Waals surface area contributed by atoms with Crippen molar-refractivity contribution in [3.63, 3.8) is 0 Å². The van der Waals surface area contributed by atoms with Gasteiger partial charge in [-0.25, -0.2) is 0 Å². The minimum Gasteiger partial charge on any atom is -0.481 e. The summed E-state index contributed by atoms with van der Waals surface area (Å²) < 4.78 is 27.9. The molecule has 1 aliphatic heterocycles. The molecule has 3 N–H and O–H groups in total. The van der Waals surface area contributed by atoms with Crippen molar-refractivity contribution in [3.8, 4) is 0 Å². The Morgan fingerprint density at radius 2 is 2.10 bits per heavy atom. The summed E-state index contributed by atoms with van der Waals surface area (Å²) in [6.07, 6.45) is 1.50. The number of nitrogens with zero attached hydrogens (tertiary/aromatic N) is 1. The van der Waals surface area contributed by atoms with Gasteiger partial charge in [0.2, 0.25) is 0 Å². The molecule has 1 aliphatic rings. The van der Waals surface area contributed by atoms with Crippen molar-refractivity contribution >= 4 is 16.2 Å². The number of piperidine rings is 1. The Hall–Kier alpha value is -0.700. The molecule has 0 aromatic carbocycles. The van der Waals surface area contributed by atoms with E-state index in [1.165, 1.54) is 0 Å². The van der Waals surface area contributed by atoms with E-state index in [0.717, 1.165) is 4.31 Å². The van der Waals surface area contributed by atoms with E-state index in [0.29, 0.717) is 25.8 Å². The van der Waals surface area contributed by atoms with E-state index in [1.54, 1.807) is 6.92 Å². The molecule has 1 rings (SSSR count). The lowest BCUT2D eigenvalue weighted by Gasteiger charge is -2.32. The molecule has 7 nitrogen and oxygen atoms in total. The maximum absolute atomic E-state index is 12.2. The smallest absolute Gasteiger partial charge is 0.307 e. The lowest BCUT2D eigenvalue weighted by Crippen LogP contribution is -2.51. The third-order valence-corrected chi connectivity index (χ3v) is 5.08. The second-order valence-electron chi connectivity index (χ2n) is 6.46. The standard InChI is InChI=1S/C13H26N2O5S/c1-10(2)7-13(3,18)9-14-21(19,20)15-6-4-5-11(8-15)12(16)17/h10-11,14,18H,4-9H2,1-3H3,(H,16,17). The van der Waals surface area contributed by atoms with Crippen molar-refractivity contribution < 1.29 is 23.4 Å². The van der Waals surface area contributed by atoms with E-state index in [4.69, 9.17) is 5.11 Å². The van der Waals surface area contributed by atoms with E-state index in [-0.39, 0.29) is 19.0 Å². The van der Waals surface area contributed by atoms with E-state index in [9.17, 15) is 18.3 Å². The van der Waals surface area contributed by atoms with Crippen LogP contribution in [0.5, 0.6) is 0 Å². The monoisotopic (exact) mass is 322 g/mol. The molecular formula is C13H26N2O5S. The van der Waals surface area contributed by atoms with Crippen LogP contribution in [-0.4, -0.2) is 54.1 Å². The van der Waals surface area contributed by atoms with Gasteiger partial charge in [0.05, 0.1) is 11.5 Å². The molecule has 1 heterocycles. The molecule has 0 radical (unpaired) electrons. The summed E-state index contributed by atoms with van der Waals surface area (Å²) in [5, 5.41) is 19.1. The van der Waals surface area contributed by atoms with E-state index < -0.39 is 27.7 Å². The number of carboxylic acid groups (broad SMARTS) is 1. The fourth-order valence-corrected chi connectivity index (χ4v) is 4.07. The van der Waals surface area contributed by atoms with Gasteiger partial charge in [-0.15, -0.1) is 0 Å². The Balaban J connectivity index is 2.62. The van der Waals surface area contributed by atoms with Crippen LogP contribution in [0.1, 0.15) is 40.0 Å². The van der Waals surface area contributed by atoms with Crippen LogP contribution in [0.25, 0.3) is 0 Å². The number of aliphatic carboxylic acids is 1. The summed E-state index contributed by atoms with van der Waals surface area (Å²) in [6, 6.07) is 0. The van der Waals surface area contributed by atoms with Gasteiger partial charge in [0, 0.05) is 19.6 Å². The Morgan fingerprint density at radius 3 is 2.62 bits per heavy atom. The molecule has 8 heteroatoms. The molecular weight excluding hydrogens is 296 g/mol. The minimum absolute atomic E-state index is 0.0169. The molecule has 0 aromatic heterocycles. The largest absolute Gasteiger partial charge is 0.481 e. The number of rotatable bonds is 7. The third-order valence-electron chi connectivity index (χ3n) is 3.56. The quantitative estimate of drug-likeness (QED) is 0.629. The van der Waals surface area contributed by atoms with Gasteiger partial charge >= 0.3 is 5.97 Å². The van der Waals surface area contributed by atoms with Gasteiger partial charge in [0.15, 0.2) is 0 Å². The Kier molecular flexibility index (Phi) is 6.15. The number of carbonyl (C=O) groups is 1. The highest BCUT2D eigenvalue weighted by molar-refractivity contribution is 7.87. The fourth-order valence-electron chi connectivity index (χ4n) is 2.65. The summed E-state index contributed by atoms with van der Waals surface area (Å²) in [4.78, 5) is 11.0. The van der Waals surface area contributed by atoms with Crippen molar-refractivity contribution in [2.24, 2.45) is 11.8 Å². The van der Waals surface area contributed by atoms with E-state index in [2.05, 4.69) is 4.72 Å². The predicted octanol–water partition coefficient (Wildman–Crippen LogP) is 0.415. The molecule has 124 valence electrons. The Labute approximate surface area is 126 Å². The zero-order chi connectivity index (χ0) is 16.3. The lowest BCUT2D eigenvalue weighted by molar-refractivity contribution is -0.142. The zero-order valence-corrected chi connectivity index (χ0v) is 13.7. The van der Waals surface area contributed by atoms with Crippen LogP contribution in [0.2, 0.25) is 0 Å². The van der Waals surface area contributed by atoms with Crippen LogP contribution in [-0.2, 0) is 15.0 Å². The normalized spacial score (nSPS) is 24.0. The summed E-state index contributed by atoms with van der Waals surface area (Å²) in [5.41, 5.74) is -1.12. The highest BCUT2D eigenvalue weighted by Crippen LogP contribution is 2.20. The molecule has 21 heavy (non-hydrogen) atoms. The number of aliphatic hydroxyl groups is 1. The molecule has 2 unspecified atom stereocenters. The van der Waals surface area contributed by atoms with Crippen LogP contribution >= 0.6 is 0 Å². The van der Waals surface area contributed by atoms with Crippen LogP contribution in [0.4, 0.5) is 0 Å². The van der Waals surface area contributed by atoms with E-state index in [1.807, 2.05) is 13.8 Å². The molecule has 2 atom stereocenters. The van der Waals surface area contributed by atoms with Crippen LogP contribution in [0, 0.1) is 11.8 Å². The van der Waals surface area contributed by atoms with Crippen molar-refractivity contribution in [1.82, 2.24) is 9.03 Å². The molecule has 1 fully saturated rings. The van der Waals surface area contributed by atoms with Crippen molar-refractivity contribution in [1.29, 1.82) is 0 Å². The SMILES string of the molecule is CC(C)CC(C)(O)CNS(=O)(=O)N1CCCC(C(=O)O)C1. The first kappa shape index (κ1) is 18.3. The molecule has 0 aromatic rings. The fraction of sp³-hybridized carbons (Fsp3) is 0.923. The molecule has 0 spiro atoms. The Bertz CT molecular complexity index is 461. The summed E-state index contributed by atoms with van der Waals surface area (Å²) in [5.74, 6) is -1.39. The van der Waals surface area contributed by atoms with Crippen LogP contribution in [0.15, 0.2) is 0 Å². The number of hydrogen-bond donors (Lipinski definition) is 3. The minimum atomic E-state index is -3.76. The second kappa shape index (κ2) is 7.04. The number of hydrogen-bond acceptors (Lipinski definition) is 4. The average molecular weight is 322 g/mol. The van der Waals surface area contributed by atoms with Gasteiger partial charge < -0.3 is 10.2 Å². The maximum Gasteiger partial charge on any atom is 0.307 e. The molecule has 0 saturated carbocycles. The summed E-state index contributed by atoms with van der Waals surface area (Å²) >= 11 is 0. The van der Waals surface area contributed by atoms with Crippen LogP contribution < -0.4 is 4.72 Å². The van der Waals surface area contributed by atoms with Gasteiger partial charge in [-0.05, 0) is 32.1 Å². The first-order valence-corrected chi connectivity index (χ1v) is 8.67. The lowest BCUT2D eigenvalue weighted by atomic mass is 9.95. The van der Waals surface area contributed by atoms with Crippen molar-refractivity contribution in [2.75, 3.05) is 19.6 Å². The molecule has 0 aliphatic carbocycles. The molecule has 0 bridgehead atoms. The molecule has 0 amide bonds.